The van der Waals surface area contributed by atoms with E-state index in [9.17, 15) is 8.42 Å². The van der Waals surface area contributed by atoms with Crippen molar-refractivity contribution < 1.29 is 17.3 Å². The van der Waals surface area contributed by atoms with E-state index in [1.54, 1.807) is 23.0 Å². The summed E-state index contributed by atoms with van der Waals surface area (Å²) in [4.78, 5) is 12.5. The number of hydrogen-bond acceptors (Lipinski definition) is 7. The van der Waals surface area contributed by atoms with E-state index in [1.807, 2.05) is 5.38 Å². The van der Waals surface area contributed by atoms with Crippen LogP contribution in [-0.4, -0.2) is 18.0 Å². The standard InChI is InChI=1S/C3H3NS.HNO5S/c1-2-5-3-4-1;2-1-6-7(3,4)5/h1-3H;(H,3,4,5). The van der Waals surface area contributed by atoms with Gasteiger partial charge < -0.3 is 0 Å². The number of hydrogen-bond donors (Lipinski definition) is 1. The van der Waals surface area contributed by atoms with Gasteiger partial charge in [0.15, 0.2) is 5.34 Å². The molecule has 0 aliphatic carbocycles. The van der Waals surface area contributed by atoms with Gasteiger partial charge in [0.1, 0.15) is 0 Å². The van der Waals surface area contributed by atoms with E-state index in [2.05, 4.69) is 9.27 Å². The second kappa shape index (κ2) is 5.57. The third kappa shape index (κ3) is 8.94. The molecule has 68 valence electrons. The van der Waals surface area contributed by atoms with E-state index in [-0.39, 0.29) is 0 Å². The molecule has 0 aromatic carbocycles. The van der Waals surface area contributed by atoms with Crippen LogP contribution < -0.4 is 0 Å². The Labute approximate surface area is 71.9 Å². The molecule has 0 amide bonds. The van der Waals surface area contributed by atoms with Gasteiger partial charge in [0.25, 0.3) is 0 Å². The highest BCUT2D eigenvalue weighted by Gasteiger charge is 2.01. The van der Waals surface area contributed by atoms with Crippen molar-refractivity contribution in [1.82, 2.24) is 4.98 Å². The van der Waals surface area contributed by atoms with Gasteiger partial charge in [0.05, 0.1) is 5.51 Å². The first kappa shape index (κ1) is 10.9. The number of aromatic nitrogens is 1. The van der Waals surface area contributed by atoms with E-state index in [0.717, 1.165) is 0 Å². The van der Waals surface area contributed by atoms with E-state index in [0.29, 0.717) is 0 Å². The minimum Gasteiger partial charge on any atom is -0.253 e. The molecule has 0 bridgehead atoms. The summed E-state index contributed by atoms with van der Waals surface area (Å²) in [5, 5.41) is 3.35. The summed E-state index contributed by atoms with van der Waals surface area (Å²) < 4.78 is 28.8. The molecular formula is C3H4N2O5S2. The van der Waals surface area contributed by atoms with Crippen molar-refractivity contribution in [2.75, 3.05) is 0 Å². The molecule has 1 aromatic heterocycles. The lowest BCUT2D eigenvalue weighted by atomic mass is 11.0. The van der Waals surface area contributed by atoms with Crippen LogP contribution in [0.2, 0.25) is 0 Å². The van der Waals surface area contributed by atoms with E-state index < -0.39 is 10.4 Å². The fraction of sp³-hybridized carbons (Fsp3) is 0. The first-order chi connectivity index (χ1) is 5.56. The molecule has 0 atom stereocenters. The fourth-order valence-electron chi connectivity index (χ4n) is 0.214. The Morgan fingerprint density at radius 2 is 2.25 bits per heavy atom. The summed E-state index contributed by atoms with van der Waals surface area (Å²) in [6.45, 7) is 0. The number of rotatable bonds is 2. The van der Waals surface area contributed by atoms with Crippen LogP contribution in [0.1, 0.15) is 0 Å². The van der Waals surface area contributed by atoms with Crippen LogP contribution >= 0.6 is 11.3 Å². The fourth-order valence-corrected chi connectivity index (χ4v) is 0.642. The Bertz CT molecular complexity index is 275. The Kier molecular flexibility index (Phi) is 5.08. The zero-order chi connectivity index (χ0) is 9.45. The highest BCUT2D eigenvalue weighted by molar-refractivity contribution is 7.80. The quantitative estimate of drug-likeness (QED) is 0.437. The van der Waals surface area contributed by atoms with Gasteiger partial charge >= 0.3 is 10.4 Å². The predicted octanol–water partition coefficient (Wildman–Crippen LogP) is 0.630. The Morgan fingerprint density at radius 1 is 1.58 bits per heavy atom. The van der Waals surface area contributed by atoms with Crippen LogP contribution in [0.15, 0.2) is 22.4 Å². The van der Waals surface area contributed by atoms with Crippen molar-refractivity contribution >= 4 is 21.7 Å². The predicted molar refractivity (Wildman–Crippen MR) is 40.5 cm³/mol. The van der Waals surface area contributed by atoms with Crippen LogP contribution in [0.3, 0.4) is 0 Å². The molecule has 1 N–H and O–H groups in total. The maximum absolute atomic E-state index is 9.27. The SMILES string of the molecule is O=NOS(=O)(=O)O.c1cscn1. The largest absolute Gasteiger partial charge is 0.468 e. The van der Waals surface area contributed by atoms with Crippen LogP contribution in [0, 0.1) is 4.91 Å². The smallest absolute Gasteiger partial charge is 0.253 e. The lowest BCUT2D eigenvalue weighted by molar-refractivity contribution is 0.278. The summed E-state index contributed by atoms with van der Waals surface area (Å²) >= 11 is 1.60. The van der Waals surface area contributed by atoms with Crippen molar-refractivity contribution in [3.63, 3.8) is 0 Å². The van der Waals surface area contributed by atoms with Gasteiger partial charge in [-0.3, -0.25) is 9.54 Å². The average Bonchev–Trinajstić information content (AvgIpc) is 2.38. The molecule has 0 aliphatic heterocycles. The van der Waals surface area contributed by atoms with Crippen molar-refractivity contribution in [3.05, 3.63) is 22.0 Å². The highest BCUT2D eigenvalue weighted by Crippen LogP contribution is 1.85. The van der Waals surface area contributed by atoms with E-state index in [1.165, 1.54) is 5.34 Å². The number of nitrogens with zero attached hydrogens (tertiary/aromatic N) is 2. The van der Waals surface area contributed by atoms with E-state index in [4.69, 9.17) is 9.46 Å². The van der Waals surface area contributed by atoms with Crippen molar-refractivity contribution in [3.8, 4) is 0 Å². The lowest BCUT2D eigenvalue weighted by Crippen LogP contribution is -1.95. The molecule has 0 aliphatic rings. The van der Waals surface area contributed by atoms with Gasteiger partial charge in [-0.1, -0.05) is 0 Å². The van der Waals surface area contributed by atoms with Crippen LogP contribution in [0.5, 0.6) is 0 Å². The monoisotopic (exact) mass is 212 g/mol. The molecule has 0 radical (unpaired) electrons. The average molecular weight is 212 g/mol. The molecule has 1 aromatic rings. The Morgan fingerprint density at radius 3 is 2.33 bits per heavy atom. The second-order valence-corrected chi connectivity index (χ2v) is 3.01. The molecule has 0 saturated carbocycles. The van der Waals surface area contributed by atoms with E-state index >= 15 is 0 Å². The maximum Gasteiger partial charge on any atom is 0.468 e. The zero-order valence-electron chi connectivity index (χ0n) is 5.52. The van der Waals surface area contributed by atoms with Crippen LogP contribution in [-0.2, 0) is 14.7 Å². The summed E-state index contributed by atoms with van der Waals surface area (Å²) in [5.41, 5.74) is 1.79. The lowest BCUT2D eigenvalue weighted by Gasteiger charge is -1.80. The van der Waals surface area contributed by atoms with Gasteiger partial charge in [0.2, 0.25) is 0 Å². The molecule has 1 heterocycles. The topological polar surface area (TPSA) is 106 Å². The molecule has 0 spiro atoms. The second-order valence-electron chi connectivity index (χ2n) is 1.25. The first-order valence-corrected chi connectivity index (χ1v) is 4.68. The molecule has 9 heteroatoms. The highest BCUT2D eigenvalue weighted by atomic mass is 32.3. The zero-order valence-corrected chi connectivity index (χ0v) is 7.16. The molecular weight excluding hydrogens is 208 g/mol. The number of thiazole rings is 1. The molecule has 0 saturated heterocycles. The van der Waals surface area contributed by atoms with Gasteiger partial charge in [-0.2, -0.15) is 8.42 Å². The summed E-state index contributed by atoms with van der Waals surface area (Å²) in [6.07, 6.45) is 1.77. The van der Waals surface area contributed by atoms with Crippen molar-refractivity contribution in [2.24, 2.45) is 5.34 Å². The van der Waals surface area contributed by atoms with Crippen molar-refractivity contribution in [1.29, 1.82) is 0 Å². The first-order valence-electron chi connectivity index (χ1n) is 2.37. The molecule has 1 rings (SSSR count). The molecule has 0 unspecified atom stereocenters. The maximum atomic E-state index is 9.27. The third-order valence-electron chi connectivity index (χ3n) is 0.472. The van der Waals surface area contributed by atoms with Crippen LogP contribution in [0.25, 0.3) is 0 Å². The molecule has 7 nitrogen and oxygen atoms in total. The Balaban J connectivity index is 0.000000211. The van der Waals surface area contributed by atoms with Gasteiger partial charge in [-0.25, -0.2) is 4.28 Å². The summed E-state index contributed by atoms with van der Waals surface area (Å²) in [7, 11) is -4.65. The minimum absolute atomic E-state index is 1.42. The van der Waals surface area contributed by atoms with Gasteiger partial charge in [-0.05, 0) is 0 Å². The van der Waals surface area contributed by atoms with Crippen LogP contribution in [0.4, 0.5) is 0 Å². The molecule has 0 fully saturated rings. The Hall–Kier alpha value is -1.06. The normalized spacial score (nSPS) is 9.42. The molecule has 12 heavy (non-hydrogen) atoms. The van der Waals surface area contributed by atoms with Gasteiger partial charge in [-0.15, -0.1) is 16.2 Å². The third-order valence-corrected chi connectivity index (χ3v) is 1.24. The van der Waals surface area contributed by atoms with Gasteiger partial charge in [0, 0.05) is 11.6 Å². The van der Waals surface area contributed by atoms with Crippen molar-refractivity contribution in [2.45, 2.75) is 0 Å². The minimum atomic E-state index is -4.65. The summed E-state index contributed by atoms with van der Waals surface area (Å²) in [5.74, 6) is 0. The summed E-state index contributed by atoms with van der Waals surface area (Å²) in [6, 6.07) is 0.